The number of aromatic nitrogens is 3. The molecule has 4 aromatic carbocycles. The Bertz CT molecular complexity index is 2170. The highest BCUT2D eigenvalue weighted by Gasteiger charge is 2.20. The van der Waals surface area contributed by atoms with Crippen LogP contribution in [0.4, 0.5) is 22.7 Å². The molecule has 0 saturated heterocycles. The predicted molar refractivity (Wildman–Crippen MR) is 181 cm³/mol. The van der Waals surface area contributed by atoms with Gasteiger partial charge in [-0.05, 0) is 89.3 Å². The van der Waals surface area contributed by atoms with Gasteiger partial charge in [-0.2, -0.15) is 0 Å². The van der Waals surface area contributed by atoms with Crippen molar-refractivity contribution in [3.63, 3.8) is 0 Å². The minimum atomic E-state index is -0.00897. The van der Waals surface area contributed by atoms with Crippen LogP contribution in [0.3, 0.4) is 0 Å². The highest BCUT2D eigenvalue weighted by Crippen LogP contribution is 2.41. The Kier molecular flexibility index (Phi) is 6.68. The standard InChI is InChI=1S/C39H31N5/c1-39(2,3)28-19-21-42-38(24-28)44-36-16-9-8-14-33(36)34-18-17-31(26-37(34)44)43(30-12-6-5-7-13-30)32-23-27(22-29(25-32)40-4)35-15-10-11-20-41-35/h5-26H,1-3H3. The third kappa shape index (κ3) is 4.87. The van der Waals surface area contributed by atoms with Crippen molar-refractivity contribution in [1.29, 1.82) is 0 Å². The molecular formula is C39H31N5. The molecule has 0 radical (unpaired) electrons. The molecule has 0 N–H and O–H groups in total. The molecule has 0 fully saturated rings. The number of para-hydroxylation sites is 2. The lowest BCUT2D eigenvalue weighted by molar-refractivity contribution is 0.588. The van der Waals surface area contributed by atoms with Gasteiger partial charge >= 0.3 is 0 Å². The first-order valence-electron chi connectivity index (χ1n) is 14.7. The van der Waals surface area contributed by atoms with Crippen LogP contribution in [-0.2, 0) is 5.41 Å². The van der Waals surface area contributed by atoms with E-state index in [1.807, 2.05) is 54.7 Å². The van der Waals surface area contributed by atoms with E-state index in [-0.39, 0.29) is 5.41 Å². The van der Waals surface area contributed by atoms with Gasteiger partial charge in [0.05, 0.1) is 23.3 Å². The number of rotatable bonds is 5. The molecule has 5 heteroatoms. The minimum absolute atomic E-state index is 0.00897. The summed E-state index contributed by atoms with van der Waals surface area (Å²) in [4.78, 5) is 15.5. The van der Waals surface area contributed by atoms with E-state index >= 15 is 0 Å². The van der Waals surface area contributed by atoms with Gasteiger partial charge < -0.3 is 4.90 Å². The molecule has 0 bridgehead atoms. The Hall–Kier alpha value is -5.73. The smallest absolute Gasteiger partial charge is 0.189 e. The van der Waals surface area contributed by atoms with Crippen LogP contribution in [0, 0.1) is 6.57 Å². The molecule has 7 rings (SSSR count). The fraction of sp³-hybridized carbons (Fsp3) is 0.103. The maximum atomic E-state index is 7.88. The number of nitrogens with zero attached hydrogens (tertiary/aromatic N) is 5. The first-order chi connectivity index (χ1) is 21.4. The summed E-state index contributed by atoms with van der Waals surface area (Å²) >= 11 is 0. The van der Waals surface area contributed by atoms with Gasteiger partial charge in [0, 0.05) is 40.2 Å². The van der Waals surface area contributed by atoms with Gasteiger partial charge in [0.2, 0.25) is 0 Å². The van der Waals surface area contributed by atoms with Crippen LogP contribution >= 0.6 is 0 Å². The van der Waals surface area contributed by atoms with Gasteiger partial charge in [-0.25, -0.2) is 9.83 Å². The van der Waals surface area contributed by atoms with E-state index in [9.17, 15) is 0 Å². The Labute approximate surface area is 257 Å². The maximum Gasteiger partial charge on any atom is 0.189 e. The molecule has 0 amide bonds. The normalized spacial score (nSPS) is 11.5. The Morgan fingerprint density at radius 3 is 2.18 bits per heavy atom. The second-order valence-corrected chi connectivity index (χ2v) is 11.9. The van der Waals surface area contributed by atoms with Crippen molar-refractivity contribution in [3.8, 4) is 17.1 Å². The Morgan fingerprint density at radius 1 is 0.636 bits per heavy atom. The number of pyridine rings is 2. The van der Waals surface area contributed by atoms with Crippen molar-refractivity contribution in [3.05, 3.63) is 151 Å². The topological polar surface area (TPSA) is 38.3 Å². The molecule has 0 aliphatic heterocycles. The van der Waals surface area contributed by atoms with Gasteiger partial charge in [-0.1, -0.05) is 69.3 Å². The van der Waals surface area contributed by atoms with E-state index < -0.39 is 0 Å². The van der Waals surface area contributed by atoms with Crippen LogP contribution < -0.4 is 4.90 Å². The van der Waals surface area contributed by atoms with Crippen LogP contribution in [0.5, 0.6) is 0 Å². The molecule has 7 aromatic rings. The van der Waals surface area contributed by atoms with Crippen LogP contribution in [0.2, 0.25) is 0 Å². The molecule has 0 spiro atoms. The van der Waals surface area contributed by atoms with E-state index in [1.54, 1.807) is 6.20 Å². The molecule has 0 atom stereocenters. The zero-order valence-corrected chi connectivity index (χ0v) is 24.9. The molecule has 212 valence electrons. The highest BCUT2D eigenvalue weighted by atomic mass is 15.1. The lowest BCUT2D eigenvalue weighted by Gasteiger charge is -2.26. The van der Waals surface area contributed by atoms with Crippen LogP contribution in [0.25, 0.3) is 43.7 Å². The van der Waals surface area contributed by atoms with Crippen LogP contribution in [0.15, 0.2) is 134 Å². The van der Waals surface area contributed by atoms with Crippen molar-refractivity contribution in [1.82, 2.24) is 14.5 Å². The van der Waals surface area contributed by atoms with Gasteiger partial charge in [-0.15, -0.1) is 0 Å². The molecule has 3 heterocycles. The first-order valence-corrected chi connectivity index (χ1v) is 14.7. The average Bonchev–Trinajstić information content (AvgIpc) is 3.39. The minimum Gasteiger partial charge on any atom is -0.312 e. The second-order valence-electron chi connectivity index (χ2n) is 11.9. The monoisotopic (exact) mass is 569 g/mol. The number of hydrogen-bond acceptors (Lipinski definition) is 3. The van der Waals surface area contributed by atoms with Gasteiger partial charge in [0.25, 0.3) is 0 Å². The summed E-state index contributed by atoms with van der Waals surface area (Å²) in [6, 6.07) is 41.5. The van der Waals surface area contributed by atoms with Gasteiger partial charge in [0.1, 0.15) is 5.82 Å². The summed E-state index contributed by atoms with van der Waals surface area (Å²) < 4.78 is 2.27. The van der Waals surface area contributed by atoms with E-state index in [0.29, 0.717) is 5.69 Å². The SMILES string of the molecule is [C-]#[N+]c1cc(-c2ccccn2)cc(N(c2ccccc2)c2ccc3c4ccccc4n(-c4cc(C(C)(C)C)ccn4)c3c2)c1. The number of benzene rings is 4. The van der Waals surface area contributed by atoms with Crippen LogP contribution in [0.1, 0.15) is 26.3 Å². The molecule has 5 nitrogen and oxygen atoms in total. The summed E-state index contributed by atoms with van der Waals surface area (Å²) in [6.07, 6.45) is 3.69. The summed E-state index contributed by atoms with van der Waals surface area (Å²) in [6.45, 7) is 14.6. The Morgan fingerprint density at radius 2 is 1.41 bits per heavy atom. The summed E-state index contributed by atoms with van der Waals surface area (Å²) in [7, 11) is 0. The fourth-order valence-electron chi connectivity index (χ4n) is 5.85. The van der Waals surface area contributed by atoms with Gasteiger partial charge in [0.15, 0.2) is 5.69 Å². The number of hydrogen-bond donors (Lipinski definition) is 0. The lowest BCUT2D eigenvalue weighted by Crippen LogP contribution is -2.12. The van der Waals surface area contributed by atoms with Crippen molar-refractivity contribution in [2.75, 3.05) is 4.90 Å². The molecule has 0 aliphatic carbocycles. The third-order valence-electron chi connectivity index (χ3n) is 8.02. The maximum absolute atomic E-state index is 7.88. The molecule has 0 unspecified atom stereocenters. The fourth-order valence-corrected chi connectivity index (χ4v) is 5.85. The van der Waals surface area contributed by atoms with Crippen LogP contribution in [-0.4, -0.2) is 14.5 Å². The lowest BCUT2D eigenvalue weighted by atomic mass is 9.88. The summed E-state index contributed by atoms with van der Waals surface area (Å²) in [5.41, 5.74) is 8.54. The summed E-state index contributed by atoms with van der Waals surface area (Å²) in [5.74, 6) is 0.888. The van der Waals surface area contributed by atoms with Gasteiger partial charge in [-0.3, -0.25) is 9.55 Å². The average molecular weight is 570 g/mol. The largest absolute Gasteiger partial charge is 0.312 e. The zero-order chi connectivity index (χ0) is 30.3. The van der Waals surface area contributed by atoms with E-state index in [2.05, 4.69) is 113 Å². The highest BCUT2D eigenvalue weighted by molar-refractivity contribution is 6.10. The Balaban J connectivity index is 1.49. The zero-order valence-electron chi connectivity index (χ0n) is 24.9. The third-order valence-corrected chi connectivity index (χ3v) is 8.02. The van der Waals surface area contributed by atoms with E-state index in [0.717, 1.165) is 50.6 Å². The second kappa shape index (κ2) is 10.8. The summed E-state index contributed by atoms with van der Waals surface area (Å²) in [5, 5.41) is 2.33. The number of anilines is 3. The van der Waals surface area contributed by atoms with Crippen molar-refractivity contribution in [2.45, 2.75) is 26.2 Å². The first kappa shape index (κ1) is 27.1. The molecule has 0 aliphatic rings. The molecule has 0 saturated carbocycles. The molecular weight excluding hydrogens is 538 g/mol. The van der Waals surface area contributed by atoms with E-state index in [1.165, 1.54) is 10.9 Å². The molecule has 3 aromatic heterocycles. The van der Waals surface area contributed by atoms with Crippen molar-refractivity contribution >= 4 is 44.6 Å². The number of fused-ring (bicyclic) bond motifs is 3. The quantitative estimate of drug-likeness (QED) is 0.194. The van der Waals surface area contributed by atoms with E-state index in [4.69, 9.17) is 11.6 Å². The van der Waals surface area contributed by atoms with Crippen molar-refractivity contribution in [2.24, 2.45) is 0 Å². The predicted octanol–water partition coefficient (Wildman–Crippen LogP) is 10.6. The van der Waals surface area contributed by atoms with Crippen molar-refractivity contribution < 1.29 is 0 Å². The molecule has 44 heavy (non-hydrogen) atoms.